The fraction of sp³-hybridized carbons (Fsp3) is 0.182. The molecule has 1 heterocycles. The summed E-state index contributed by atoms with van der Waals surface area (Å²) in [7, 11) is 0. The first-order valence-electron chi connectivity index (χ1n) is 5.08. The van der Waals surface area contributed by atoms with Gasteiger partial charge in [0, 0.05) is 5.56 Å². The van der Waals surface area contributed by atoms with E-state index < -0.39 is 12.7 Å². The highest BCUT2D eigenvalue weighted by atomic mass is 16.6. The van der Waals surface area contributed by atoms with Gasteiger partial charge in [-0.25, -0.2) is 0 Å². The molecule has 1 aliphatic heterocycles. The molecule has 0 atom stereocenters. The third-order valence-corrected chi connectivity index (χ3v) is 2.70. The van der Waals surface area contributed by atoms with Crippen LogP contribution in [0.1, 0.15) is 21.5 Å². The monoisotopic (exact) mass is 232 g/mol. The van der Waals surface area contributed by atoms with Crippen molar-refractivity contribution in [2.45, 2.75) is 12.7 Å². The Labute approximate surface area is 97.7 Å². The van der Waals surface area contributed by atoms with Gasteiger partial charge in [-0.05, 0) is 18.1 Å². The predicted molar refractivity (Wildman–Crippen MR) is 58.0 cm³/mol. The number of carbonyl (C=O) groups excluding carboxylic acids is 1. The van der Waals surface area contributed by atoms with Crippen LogP contribution in [0.25, 0.3) is 0 Å². The maximum absolute atomic E-state index is 11.0. The minimum Gasteiger partial charge on any atom is -0.669 e. The van der Waals surface area contributed by atoms with Crippen LogP contribution in [0.2, 0.25) is 6.32 Å². The molecule has 0 bridgehead atoms. The first-order chi connectivity index (χ1) is 7.94. The minimum absolute atomic E-state index is 0.0227. The first-order valence-corrected chi connectivity index (χ1v) is 5.08. The molecule has 88 valence electrons. The van der Waals surface area contributed by atoms with Crippen LogP contribution < -0.4 is 9.76 Å². The molecular formula is C11H9BO5-2. The molecule has 0 fully saturated rings. The highest BCUT2D eigenvalue weighted by molar-refractivity contribution is 6.59. The summed E-state index contributed by atoms with van der Waals surface area (Å²) >= 11 is 0. The Balaban J connectivity index is 2.64. The van der Waals surface area contributed by atoms with Crippen molar-refractivity contribution in [3.05, 3.63) is 28.8 Å². The Hall–Kier alpha value is -1.97. The van der Waals surface area contributed by atoms with Crippen LogP contribution in [-0.4, -0.2) is 22.8 Å². The number of aryl methyl sites for hydroxylation is 1. The lowest BCUT2D eigenvalue weighted by molar-refractivity contribution is -0.255. The van der Waals surface area contributed by atoms with Crippen molar-refractivity contribution in [2.24, 2.45) is 0 Å². The zero-order valence-electron chi connectivity index (χ0n) is 8.84. The van der Waals surface area contributed by atoms with Crippen LogP contribution in [-0.2, 0) is 6.42 Å². The molecule has 1 aromatic rings. The third kappa shape index (κ3) is 1.98. The van der Waals surface area contributed by atoms with Gasteiger partial charge in [-0.1, -0.05) is 18.3 Å². The minimum atomic E-state index is -3.02. The van der Waals surface area contributed by atoms with Gasteiger partial charge in [0.25, 0.3) is 0 Å². The zero-order chi connectivity index (χ0) is 12.6. The second kappa shape index (κ2) is 3.80. The average molecular weight is 232 g/mol. The van der Waals surface area contributed by atoms with Crippen molar-refractivity contribution in [2.75, 3.05) is 0 Å². The van der Waals surface area contributed by atoms with Crippen LogP contribution in [0, 0.1) is 12.3 Å². The van der Waals surface area contributed by atoms with Crippen molar-refractivity contribution in [3.8, 4) is 18.1 Å². The molecule has 1 aromatic carbocycles. The van der Waals surface area contributed by atoms with E-state index in [-0.39, 0.29) is 23.2 Å². The molecule has 17 heavy (non-hydrogen) atoms. The van der Waals surface area contributed by atoms with Crippen molar-refractivity contribution in [1.29, 1.82) is 0 Å². The van der Waals surface area contributed by atoms with Crippen molar-refractivity contribution in [1.82, 2.24) is 0 Å². The van der Waals surface area contributed by atoms with Gasteiger partial charge in [0.15, 0.2) is 0 Å². The summed E-state index contributed by atoms with van der Waals surface area (Å²) in [4.78, 5) is 11.0. The number of carbonyl (C=O) groups is 1. The maximum Gasteiger partial charge on any atom is 0.430 e. The summed E-state index contributed by atoms with van der Waals surface area (Å²) in [5.74, 6) is 0.600. The Morgan fingerprint density at radius 2 is 2.24 bits per heavy atom. The number of fused-ring (bicyclic) bond motifs is 1. The standard InChI is InChI=1S/C11H10BO5/c1-2-7-3-4-8-5-6-12(15,16)17-10(8)9(7)11(13)14/h1,3-4,15-16H,5-6H2,(H,13,14)/q-1/p-1. The molecule has 0 aromatic heterocycles. The zero-order valence-corrected chi connectivity index (χ0v) is 8.84. The maximum atomic E-state index is 11.0. The van der Waals surface area contributed by atoms with Gasteiger partial charge in [-0.3, -0.25) is 0 Å². The fourth-order valence-corrected chi connectivity index (χ4v) is 1.87. The molecule has 0 aliphatic carbocycles. The number of carboxylic acids is 1. The predicted octanol–water partition coefficient (Wildman–Crippen LogP) is -1.11. The number of benzene rings is 1. The van der Waals surface area contributed by atoms with Crippen molar-refractivity contribution in [3.63, 3.8) is 0 Å². The normalized spacial score (nSPS) is 16.5. The highest BCUT2D eigenvalue weighted by Gasteiger charge is 2.30. The molecule has 0 spiro atoms. The lowest BCUT2D eigenvalue weighted by Crippen LogP contribution is -2.46. The number of hydrogen-bond donors (Lipinski definition) is 2. The van der Waals surface area contributed by atoms with E-state index in [4.69, 9.17) is 11.1 Å². The summed E-state index contributed by atoms with van der Waals surface area (Å²) in [5, 5.41) is 29.9. The third-order valence-electron chi connectivity index (χ3n) is 2.70. The summed E-state index contributed by atoms with van der Waals surface area (Å²) < 4.78 is 4.91. The molecule has 0 saturated carbocycles. The number of hydrogen-bond acceptors (Lipinski definition) is 5. The van der Waals surface area contributed by atoms with E-state index in [2.05, 4.69) is 5.92 Å². The van der Waals surface area contributed by atoms with Gasteiger partial charge in [-0.2, -0.15) is 0 Å². The van der Waals surface area contributed by atoms with E-state index in [1.807, 2.05) is 0 Å². The fourth-order valence-electron chi connectivity index (χ4n) is 1.87. The summed E-state index contributed by atoms with van der Waals surface area (Å²) in [5.41, 5.74) is 0.361. The number of aromatic carboxylic acids is 1. The van der Waals surface area contributed by atoms with Crippen molar-refractivity contribution >= 4 is 12.7 Å². The SMILES string of the molecule is C#Cc1ccc2c(c1C(=O)[O-])O[B-](O)(O)CC2. The van der Waals surface area contributed by atoms with Gasteiger partial charge in [0.2, 0.25) is 0 Å². The molecule has 2 rings (SSSR count). The van der Waals surface area contributed by atoms with E-state index >= 15 is 0 Å². The smallest absolute Gasteiger partial charge is 0.430 e. The number of terminal acetylenes is 1. The van der Waals surface area contributed by atoms with Gasteiger partial charge in [0.1, 0.15) is 0 Å². The van der Waals surface area contributed by atoms with Gasteiger partial charge >= 0.3 is 6.75 Å². The molecule has 6 heteroatoms. The molecule has 0 amide bonds. The second-order valence-electron chi connectivity index (χ2n) is 3.92. The lowest BCUT2D eigenvalue weighted by atomic mass is 9.70. The van der Waals surface area contributed by atoms with Crippen LogP contribution in [0.15, 0.2) is 12.1 Å². The number of rotatable bonds is 1. The quantitative estimate of drug-likeness (QED) is 0.473. The highest BCUT2D eigenvalue weighted by Crippen LogP contribution is 2.34. The lowest BCUT2D eigenvalue weighted by Gasteiger charge is -2.38. The molecule has 5 nitrogen and oxygen atoms in total. The molecule has 2 N–H and O–H groups in total. The largest absolute Gasteiger partial charge is 0.669 e. The van der Waals surface area contributed by atoms with Gasteiger partial charge in [-0.15, -0.1) is 6.42 Å². The second-order valence-corrected chi connectivity index (χ2v) is 3.92. The Kier molecular flexibility index (Phi) is 2.58. The average Bonchev–Trinajstić information content (AvgIpc) is 2.25. The summed E-state index contributed by atoms with van der Waals surface area (Å²) in [6.07, 6.45) is 5.51. The Bertz CT molecular complexity index is 529. The van der Waals surface area contributed by atoms with Crippen LogP contribution in [0.3, 0.4) is 0 Å². The van der Waals surface area contributed by atoms with Crippen LogP contribution in [0.5, 0.6) is 5.75 Å². The van der Waals surface area contributed by atoms with Gasteiger partial charge < -0.3 is 24.6 Å². The Morgan fingerprint density at radius 1 is 1.53 bits per heavy atom. The molecular weight excluding hydrogens is 223 g/mol. The summed E-state index contributed by atoms with van der Waals surface area (Å²) in [6.45, 7) is -3.02. The van der Waals surface area contributed by atoms with Gasteiger partial charge in [0.05, 0.1) is 17.3 Å². The van der Waals surface area contributed by atoms with E-state index in [0.29, 0.717) is 12.0 Å². The van der Waals surface area contributed by atoms with E-state index in [1.54, 1.807) is 6.07 Å². The molecule has 0 saturated heterocycles. The summed E-state index contributed by atoms with van der Waals surface area (Å²) in [6, 6.07) is 3.09. The van der Waals surface area contributed by atoms with E-state index in [9.17, 15) is 19.9 Å². The molecule has 0 unspecified atom stereocenters. The topological polar surface area (TPSA) is 89.8 Å². The van der Waals surface area contributed by atoms with Crippen LogP contribution >= 0.6 is 0 Å². The van der Waals surface area contributed by atoms with Crippen molar-refractivity contribution < 1.29 is 24.6 Å². The first kappa shape index (κ1) is 11.5. The number of carboxylic acid groups (broad SMARTS) is 1. The Morgan fingerprint density at radius 3 is 2.82 bits per heavy atom. The molecule has 0 radical (unpaired) electrons. The van der Waals surface area contributed by atoms with Crippen LogP contribution in [0.4, 0.5) is 0 Å². The van der Waals surface area contributed by atoms with E-state index in [0.717, 1.165) is 0 Å². The molecule has 1 aliphatic rings. The van der Waals surface area contributed by atoms with E-state index in [1.165, 1.54) is 6.07 Å².